The Morgan fingerprint density at radius 3 is 2.72 bits per heavy atom. The third-order valence-corrected chi connectivity index (χ3v) is 4.32. The monoisotopic (exact) mass is 344 g/mol. The van der Waals surface area contributed by atoms with Crippen LogP contribution in [0.5, 0.6) is 5.75 Å². The van der Waals surface area contributed by atoms with Crippen molar-refractivity contribution < 1.29 is 13.9 Å². The molecular formula is C19H24N2O4. The number of nitrogens with zero attached hydrogens (tertiary/aromatic N) is 2. The fourth-order valence-corrected chi connectivity index (χ4v) is 3.01. The lowest BCUT2D eigenvalue weighted by atomic mass is 10.1. The maximum atomic E-state index is 12.8. The summed E-state index contributed by atoms with van der Waals surface area (Å²) in [7, 11) is 2.04. The van der Waals surface area contributed by atoms with Gasteiger partial charge in [0.15, 0.2) is 0 Å². The maximum Gasteiger partial charge on any atom is 0.349 e. The summed E-state index contributed by atoms with van der Waals surface area (Å²) in [5.74, 6) is 0.383. The van der Waals surface area contributed by atoms with Gasteiger partial charge in [-0.2, -0.15) is 0 Å². The summed E-state index contributed by atoms with van der Waals surface area (Å²) in [5, 5.41) is 0.714. The highest BCUT2D eigenvalue weighted by Crippen LogP contribution is 2.22. The van der Waals surface area contributed by atoms with Crippen LogP contribution in [0.15, 0.2) is 33.5 Å². The molecule has 0 aliphatic carbocycles. The minimum Gasteiger partial charge on any atom is -0.491 e. The molecule has 2 aromatic rings. The van der Waals surface area contributed by atoms with Crippen molar-refractivity contribution in [3.8, 4) is 5.75 Å². The Bertz CT molecular complexity index is 828. The molecule has 0 spiro atoms. The van der Waals surface area contributed by atoms with Crippen molar-refractivity contribution in [2.75, 3.05) is 33.2 Å². The Hall–Kier alpha value is -2.34. The molecule has 1 aliphatic heterocycles. The number of ether oxygens (including phenoxy) is 1. The van der Waals surface area contributed by atoms with Crippen molar-refractivity contribution in [2.24, 2.45) is 0 Å². The Balaban J connectivity index is 1.90. The highest BCUT2D eigenvalue weighted by Gasteiger charge is 2.22. The summed E-state index contributed by atoms with van der Waals surface area (Å²) < 4.78 is 11.0. The second-order valence-corrected chi connectivity index (χ2v) is 6.76. The first-order chi connectivity index (χ1) is 11.9. The zero-order valence-electron chi connectivity index (χ0n) is 14.9. The first kappa shape index (κ1) is 17.5. The van der Waals surface area contributed by atoms with Crippen LogP contribution in [-0.2, 0) is 0 Å². The van der Waals surface area contributed by atoms with Gasteiger partial charge >= 0.3 is 5.63 Å². The van der Waals surface area contributed by atoms with Gasteiger partial charge in [-0.15, -0.1) is 0 Å². The first-order valence-electron chi connectivity index (χ1n) is 8.66. The second kappa shape index (κ2) is 7.27. The quantitative estimate of drug-likeness (QED) is 0.800. The van der Waals surface area contributed by atoms with Crippen molar-refractivity contribution in [2.45, 2.75) is 26.4 Å². The highest BCUT2D eigenvalue weighted by molar-refractivity contribution is 5.96. The van der Waals surface area contributed by atoms with Crippen molar-refractivity contribution in [3.63, 3.8) is 0 Å². The van der Waals surface area contributed by atoms with Crippen LogP contribution < -0.4 is 10.4 Å². The number of carbonyl (C=O) groups is 1. The lowest BCUT2D eigenvalue weighted by molar-refractivity contribution is 0.0759. The molecule has 1 aliphatic rings. The number of carbonyl (C=O) groups excluding carboxylic acids is 1. The summed E-state index contributed by atoms with van der Waals surface area (Å²) in [6.45, 7) is 6.90. The van der Waals surface area contributed by atoms with E-state index < -0.39 is 5.63 Å². The lowest BCUT2D eigenvalue weighted by Gasteiger charge is -2.20. The highest BCUT2D eigenvalue weighted by atomic mass is 16.5. The van der Waals surface area contributed by atoms with Crippen LogP contribution in [0.25, 0.3) is 11.0 Å². The summed E-state index contributed by atoms with van der Waals surface area (Å²) >= 11 is 0. The minimum absolute atomic E-state index is 0.0335. The summed E-state index contributed by atoms with van der Waals surface area (Å²) in [5.41, 5.74) is -0.0818. The standard InChI is InChI=1S/C19H24N2O4/c1-13(2)24-15-6-5-14-11-16(19(23)25-17(14)12-15)18(22)21-8-4-7-20(3)9-10-21/h5-6,11-13H,4,7-10H2,1-3H3. The molecule has 0 N–H and O–H groups in total. The SMILES string of the molecule is CC(C)Oc1ccc2cc(C(=O)N3CCCN(C)CC3)c(=O)oc2c1. The van der Waals surface area contributed by atoms with Crippen LogP contribution in [0.2, 0.25) is 0 Å². The molecule has 1 fully saturated rings. The molecule has 3 rings (SSSR count). The van der Waals surface area contributed by atoms with Gasteiger partial charge in [-0.05, 0) is 52.1 Å². The zero-order valence-corrected chi connectivity index (χ0v) is 14.9. The van der Waals surface area contributed by atoms with Gasteiger partial charge in [-0.25, -0.2) is 4.79 Å². The van der Waals surface area contributed by atoms with Crippen molar-refractivity contribution >= 4 is 16.9 Å². The van der Waals surface area contributed by atoms with E-state index in [4.69, 9.17) is 9.15 Å². The van der Waals surface area contributed by atoms with Crippen LogP contribution in [0.3, 0.4) is 0 Å². The van der Waals surface area contributed by atoms with E-state index in [0.29, 0.717) is 29.8 Å². The second-order valence-electron chi connectivity index (χ2n) is 6.76. The number of rotatable bonds is 3. The van der Waals surface area contributed by atoms with Gasteiger partial charge in [0.1, 0.15) is 16.9 Å². The maximum absolute atomic E-state index is 12.8. The fourth-order valence-electron chi connectivity index (χ4n) is 3.01. The molecule has 0 atom stereocenters. The average molecular weight is 344 g/mol. The fraction of sp³-hybridized carbons (Fsp3) is 0.474. The molecule has 2 heterocycles. The third-order valence-electron chi connectivity index (χ3n) is 4.32. The number of amides is 1. The molecule has 0 bridgehead atoms. The van der Waals surface area contributed by atoms with Gasteiger partial charge in [0.2, 0.25) is 0 Å². The minimum atomic E-state index is -0.600. The zero-order chi connectivity index (χ0) is 18.0. The smallest absolute Gasteiger partial charge is 0.349 e. The number of hydrogen-bond donors (Lipinski definition) is 0. The molecule has 0 saturated carbocycles. The average Bonchev–Trinajstić information content (AvgIpc) is 2.77. The molecule has 6 heteroatoms. The van der Waals surface area contributed by atoms with Gasteiger partial charge in [0.25, 0.3) is 5.91 Å². The molecule has 1 aromatic heterocycles. The predicted molar refractivity (Wildman–Crippen MR) is 96.3 cm³/mol. The van der Waals surface area contributed by atoms with Crippen LogP contribution in [0.4, 0.5) is 0 Å². The summed E-state index contributed by atoms with van der Waals surface area (Å²) in [6.07, 6.45) is 0.933. The van der Waals surface area contributed by atoms with E-state index in [2.05, 4.69) is 4.90 Å². The normalized spacial score (nSPS) is 16.2. The van der Waals surface area contributed by atoms with Crippen LogP contribution >= 0.6 is 0 Å². The van der Waals surface area contributed by atoms with Crippen LogP contribution in [0, 0.1) is 0 Å². The van der Waals surface area contributed by atoms with Crippen molar-refractivity contribution in [1.29, 1.82) is 0 Å². The van der Waals surface area contributed by atoms with E-state index in [-0.39, 0.29) is 17.6 Å². The van der Waals surface area contributed by atoms with E-state index in [1.165, 1.54) is 0 Å². The molecule has 25 heavy (non-hydrogen) atoms. The molecule has 1 saturated heterocycles. The van der Waals surface area contributed by atoms with Gasteiger partial charge in [0.05, 0.1) is 6.10 Å². The largest absolute Gasteiger partial charge is 0.491 e. The number of fused-ring (bicyclic) bond motifs is 1. The molecule has 134 valence electrons. The Morgan fingerprint density at radius 1 is 1.16 bits per heavy atom. The molecule has 0 unspecified atom stereocenters. The number of hydrogen-bond acceptors (Lipinski definition) is 5. The number of benzene rings is 1. The Morgan fingerprint density at radius 2 is 1.96 bits per heavy atom. The van der Waals surface area contributed by atoms with E-state index in [0.717, 1.165) is 19.5 Å². The molecule has 0 radical (unpaired) electrons. The predicted octanol–water partition coefficient (Wildman–Crippen LogP) is 2.36. The van der Waals surface area contributed by atoms with Gasteiger partial charge in [0, 0.05) is 31.1 Å². The van der Waals surface area contributed by atoms with Crippen molar-refractivity contribution in [1.82, 2.24) is 9.80 Å². The van der Waals surface area contributed by atoms with E-state index in [9.17, 15) is 9.59 Å². The Kier molecular flexibility index (Phi) is 5.08. The van der Waals surface area contributed by atoms with Gasteiger partial charge in [-0.1, -0.05) is 0 Å². The van der Waals surface area contributed by atoms with E-state index >= 15 is 0 Å². The first-order valence-corrected chi connectivity index (χ1v) is 8.66. The summed E-state index contributed by atoms with van der Waals surface area (Å²) in [4.78, 5) is 29.0. The number of likely N-dealkylation sites (N-methyl/N-ethyl adjacent to an activating group) is 1. The molecule has 6 nitrogen and oxygen atoms in total. The summed E-state index contributed by atoms with van der Waals surface area (Å²) in [6, 6.07) is 6.93. The molecule has 1 amide bonds. The lowest BCUT2D eigenvalue weighted by Crippen LogP contribution is -2.36. The topological polar surface area (TPSA) is 63.0 Å². The molecule has 1 aromatic carbocycles. The third kappa shape index (κ3) is 4.02. The van der Waals surface area contributed by atoms with Gasteiger partial charge < -0.3 is 19.0 Å². The van der Waals surface area contributed by atoms with Crippen molar-refractivity contribution in [3.05, 3.63) is 40.2 Å². The van der Waals surface area contributed by atoms with E-state index in [1.54, 1.807) is 17.0 Å². The van der Waals surface area contributed by atoms with Gasteiger partial charge in [-0.3, -0.25) is 4.79 Å². The van der Waals surface area contributed by atoms with E-state index in [1.807, 2.05) is 33.0 Å². The Labute approximate surface area is 147 Å². The van der Waals surface area contributed by atoms with Crippen LogP contribution in [-0.4, -0.2) is 55.0 Å². The molecular weight excluding hydrogens is 320 g/mol. The van der Waals surface area contributed by atoms with Crippen LogP contribution in [0.1, 0.15) is 30.6 Å².